The maximum absolute atomic E-state index is 12.8. The van der Waals surface area contributed by atoms with Crippen molar-refractivity contribution in [1.82, 2.24) is 21.3 Å². The molecule has 16 heteroatoms. The van der Waals surface area contributed by atoms with Crippen LogP contribution in [0.15, 0.2) is 0 Å². The topological polar surface area (TPSA) is 266 Å². The van der Waals surface area contributed by atoms with E-state index in [-0.39, 0.29) is 31.5 Å². The van der Waals surface area contributed by atoms with Gasteiger partial charge in [-0.2, -0.15) is 0 Å². The molecule has 0 saturated carbocycles. The number of ketones is 1. The third-order valence-corrected chi connectivity index (χ3v) is 6.27. The Bertz CT molecular complexity index is 1080. The van der Waals surface area contributed by atoms with Crippen molar-refractivity contribution in [3.8, 4) is 0 Å². The molecule has 0 fully saturated rings. The number of aliphatic carboxylic acids is 4. The van der Waals surface area contributed by atoms with E-state index in [0.717, 1.165) is 0 Å². The Morgan fingerprint density at radius 3 is 1.32 bits per heavy atom. The Hall–Kier alpha value is -4.08. The molecule has 0 aromatic heterocycles. The van der Waals surface area contributed by atoms with Crippen LogP contribution < -0.4 is 21.3 Å². The predicted molar refractivity (Wildman–Crippen MR) is 154 cm³/mol. The van der Waals surface area contributed by atoms with E-state index in [4.69, 9.17) is 5.11 Å². The Morgan fingerprint density at radius 1 is 0.523 bits per heavy atom. The SMILES string of the molecule is CC(C)(C)N[C@H](CCC(=O)N[C@H](CCC(=O)N[C@H](CCC(=O)O)C(=O)N[C@H](CCC(=O)C(C)(C)C)C(=O)O)C(=O)O)C(=O)O. The summed E-state index contributed by atoms with van der Waals surface area (Å²) in [5, 5.41) is 47.0. The highest BCUT2D eigenvalue weighted by molar-refractivity contribution is 5.91. The van der Waals surface area contributed by atoms with Crippen LogP contribution in [0.3, 0.4) is 0 Å². The molecule has 4 atom stereocenters. The molecule has 0 radical (unpaired) electrons. The third kappa shape index (κ3) is 17.1. The number of Topliss-reactive ketones (excluding diaryl/α,β-unsaturated/α-hetero) is 1. The van der Waals surface area contributed by atoms with Crippen LogP contribution >= 0.6 is 0 Å². The van der Waals surface area contributed by atoms with E-state index in [0.29, 0.717) is 0 Å². The fraction of sp³-hybridized carbons (Fsp3) is 0.714. The van der Waals surface area contributed by atoms with Crippen molar-refractivity contribution in [2.75, 3.05) is 0 Å². The van der Waals surface area contributed by atoms with Crippen LogP contribution in [0, 0.1) is 5.41 Å². The van der Waals surface area contributed by atoms with Gasteiger partial charge in [0.1, 0.15) is 30.0 Å². The van der Waals surface area contributed by atoms with Gasteiger partial charge in [-0.3, -0.25) is 34.1 Å². The average Bonchev–Trinajstić information content (AvgIpc) is 2.86. The fourth-order valence-electron chi connectivity index (χ4n) is 3.84. The number of carboxylic acids is 4. The van der Waals surface area contributed by atoms with Gasteiger partial charge in [0.05, 0.1) is 0 Å². The number of carboxylic acid groups (broad SMARTS) is 4. The molecule has 16 nitrogen and oxygen atoms in total. The molecule has 0 heterocycles. The van der Waals surface area contributed by atoms with Crippen LogP contribution in [-0.4, -0.2) is 97.5 Å². The van der Waals surface area contributed by atoms with Gasteiger partial charge in [0, 0.05) is 36.6 Å². The van der Waals surface area contributed by atoms with Gasteiger partial charge in [0.2, 0.25) is 17.7 Å². The molecule has 3 amide bonds. The Kier molecular flexibility index (Phi) is 16.2. The highest BCUT2D eigenvalue weighted by Gasteiger charge is 2.30. The minimum atomic E-state index is -1.53. The van der Waals surface area contributed by atoms with Crippen LogP contribution in [0.2, 0.25) is 0 Å². The molecular formula is C28H46N4O12. The van der Waals surface area contributed by atoms with E-state index in [9.17, 15) is 53.7 Å². The second kappa shape index (κ2) is 17.9. The van der Waals surface area contributed by atoms with Crippen molar-refractivity contribution in [2.24, 2.45) is 5.41 Å². The van der Waals surface area contributed by atoms with Crippen molar-refractivity contribution in [2.45, 2.75) is 123 Å². The average molecular weight is 631 g/mol. The minimum absolute atomic E-state index is 0.132. The van der Waals surface area contributed by atoms with Gasteiger partial charge in [-0.05, 0) is 46.5 Å². The number of hydrogen-bond acceptors (Lipinski definition) is 9. The molecule has 0 spiro atoms. The van der Waals surface area contributed by atoms with Gasteiger partial charge in [0.25, 0.3) is 0 Å². The van der Waals surface area contributed by atoms with Crippen molar-refractivity contribution in [1.29, 1.82) is 0 Å². The number of rotatable bonds is 20. The Morgan fingerprint density at radius 2 is 0.909 bits per heavy atom. The molecule has 0 aliphatic heterocycles. The zero-order valence-electron chi connectivity index (χ0n) is 26.0. The summed E-state index contributed by atoms with van der Waals surface area (Å²) in [5.41, 5.74) is -1.29. The second-order valence-electron chi connectivity index (χ2n) is 12.5. The minimum Gasteiger partial charge on any atom is -0.481 e. The Balaban J connectivity index is 5.31. The molecule has 44 heavy (non-hydrogen) atoms. The normalized spacial score (nSPS) is 14.3. The van der Waals surface area contributed by atoms with Crippen LogP contribution in [0.25, 0.3) is 0 Å². The molecule has 0 bridgehead atoms. The summed E-state index contributed by atoms with van der Waals surface area (Å²) >= 11 is 0. The number of carbonyl (C=O) groups excluding carboxylic acids is 4. The quantitative estimate of drug-likeness (QED) is 0.0899. The Labute approximate surface area is 255 Å². The molecule has 8 N–H and O–H groups in total. The van der Waals surface area contributed by atoms with Crippen LogP contribution in [0.5, 0.6) is 0 Å². The van der Waals surface area contributed by atoms with Crippen molar-refractivity contribution in [3.63, 3.8) is 0 Å². The van der Waals surface area contributed by atoms with Crippen LogP contribution in [0.1, 0.15) is 92.9 Å². The summed E-state index contributed by atoms with van der Waals surface area (Å²) in [6.45, 7) is 10.2. The lowest BCUT2D eigenvalue weighted by atomic mass is 9.87. The lowest BCUT2D eigenvalue weighted by Crippen LogP contribution is -2.52. The molecule has 0 aromatic carbocycles. The number of hydrogen-bond donors (Lipinski definition) is 8. The maximum atomic E-state index is 12.8. The summed E-state index contributed by atoms with van der Waals surface area (Å²) < 4.78 is 0. The first-order valence-electron chi connectivity index (χ1n) is 14.1. The van der Waals surface area contributed by atoms with E-state index >= 15 is 0 Å². The third-order valence-electron chi connectivity index (χ3n) is 6.27. The van der Waals surface area contributed by atoms with Gasteiger partial charge in [-0.25, -0.2) is 9.59 Å². The van der Waals surface area contributed by atoms with Crippen molar-refractivity contribution >= 4 is 47.4 Å². The highest BCUT2D eigenvalue weighted by atomic mass is 16.4. The number of carbonyl (C=O) groups is 8. The molecule has 0 rings (SSSR count). The molecule has 0 saturated heterocycles. The fourth-order valence-corrected chi connectivity index (χ4v) is 3.84. The van der Waals surface area contributed by atoms with E-state index in [1.165, 1.54) is 0 Å². The van der Waals surface area contributed by atoms with E-state index in [1.54, 1.807) is 41.5 Å². The highest BCUT2D eigenvalue weighted by Crippen LogP contribution is 2.18. The maximum Gasteiger partial charge on any atom is 0.326 e. The summed E-state index contributed by atoms with van der Waals surface area (Å²) in [4.78, 5) is 95.9. The second-order valence-corrected chi connectivity index (χ2v) is 12.5. The van der Waals surface area contributed by atoms with Crippen LogP contribution in [-0.2, 0) is 38.4 Å². The smallest absolute Gasteiger partial charge is 0.326 e. The van der Waals surface area contributed by atoms with E-state index in [1.807, 2.05) is 0 Å². The first-order valence-corrected chi connectivity index (χ1v) is 14.1. The van der Waals surface area contributed by atoms with Gasteiger partial charge in [0.15, 0.2) is 0 Å². The largest absolute Gasteiger partial charge is 0.481 e. The first-order chi connectivity index (χ1) is 20.0. The van der Waals surface area contributed by atoms with Crippen LogP contribution in [0.4, 0.5) is 0 Å². The van der Waals surface area contributed by atoms with Gasteiger partial charge < -0.3 is 36.4 Å². The predicted octanol–water partition coefficient (Wildman–Crippen LogP) is 0.272. The first kappa shape index (κ1) is 39.9. The zero-order valence-corrected chi connectivity index (χ0v) is 26.0. The summed E-state index contributed by atoms with van der Waals surface area (Å²) in [7, 11) is 0. The number of amides is 3. The van der Waals surface area contributed by atoms with Gasteiger partial charge >= 0.3 is 23.9 Å². The van der Waals surface area contributed by atoms with Gasteiger partial charge in [-0.15, -0.1) is 0 Å². The molecule has 0 aliphatic rings. The van der Waals surface area contributed by atoms with Gasteiger partial charge in [-0.1, -0.05) is 20.8 Å². The molecule has 0 unspecified atom stereocenters. The molecule has 250 valence electrons. The van der Waals surface area contributed by atoms with E-state index < -0.39 is 102 Å². The zero-order chi connectivity index (χ0) is 34.4. The number of nitrogens with one attached hydrogen (secondary N) is 4. The monoisotopic (exact) mass is 630 g/mol. The van der Waals surface area contributed by atoms with Crippen molar-refractivity contribution < 1.29 is 58.8 Å². The molecule has 0 aromatic rings. The standard InChI is InChI=1S/C28H46N4O12/c1-27(2,3)19(33)11-7-17(25(41)42)31-23(38)15(10-14-22(36)37)29-20(34)12-8-16(24(39)40)30-21(35)13-9-18(26(43)44)32-28(4,5)6/h15-18,32H,7-14H2,1-6H3,(H,29,34)(H,30,35)(H,31,38)(H,36,37)(H,39,40)(H,41,42)(H,43,44)/t15-,16-,17-,18-/m1/s1. The summed E-state index contributed by atoms with van der Waals surface area (Å²) in [5.74, 6) is -8.26. The van der Waals surface area contributed by atoms with Crippen molar-refractivity contribution in [3.05, 3.63) is 0 Å². The summed E-state index contributed by atoms with van der Waals surface area (Å²) in [6.07, 6.45) is -2.75. The molecule has 0 aliphatic carbocycles. The lowest BCUT2D eigenvalue weighted by molar-refractivity contribution is -0.143. The summed E-state index contributed by atoms with van der Waals surface area (Å²) in [6, 6.07) is -5.58. The molecular weight excluding hydrogens is 584 g/mol. The lowest BCUT2D eigenvalue weighted by Gasteiger charge is -2.26. The van der Waals surface area contributed by atoms with E-state index in [2.05, 4.69) is 21.3 Å².